The summed E-state index contributed by atoms with van der Waals surface area (Å²) in [5, 5.41) is 3.19. The minimum Gasteiger partial charge on any atom is -0.483 e. The smallest absolute Gasteiger partial charge is 0.262 e. The molecule has 4 rings (SSSR count). The van der Waals surface area contributed by atoms with Crippen LogP contribution in [-0.4, -0.2) is 12.5 Å². The van der Waals surface area contributed by atoms with E-state index in [1.54, 1.807) is 12.1 Å². The first kappa shape index (κ1) is 18.7. The van der Waals surface area contributed by atoms with E-state index in [1.165, 1.54) is 24.3 Å². The van der Waals surface area contributed by atoms with Crippen LogP contribution < -0.4 is 15.5 Å². The van der Waals surface area contributed by atoms with Gasteiger partial charge in [0, 0.05) is 11.8 Å². The monoisotopic (exact) mass is 391 g/mol. The molecule has 0 atom stereocenters. The fourth-order valence-corrected chi connectivity index (χ4v) is 3.22. The maximum absolute atomic E-state index is 14.0. The van der Waals surface area contributed by atoms with Crippen molar-refractivity contribution in [3.8, 4) is 5.75 Å². The highest BCUT2D eigenvalue weighted by molar-refractivity contribution is 5.96. The number of rotatable bonds is 4. The molecule has 5 nitrogen and oxygen atoms in total. The molecule has 29 heavy (non-hydrogen) atoms. The van der Waals surface area contributed by atoms with Gasteiger partial charge in [-0.05, 0) is 49.7 Å². The van der Waals surface area contributed by atoms with E-state index < -0.39 is 5.82 Å². The van der Waals surface area contributed by atoms with Crippen molar-refractivity contribution in [3.05, 3.63) is 81.8 Å². The van der Waals surface area contributed by atoms with Crippen molar-refractivity contribution in [1.29, 1.82) is 0 Å². The van der Waals surface area contributed by atoms with Gasteiger partial charge < -0.3 is 14.5 Å². The number of nitrogens with one attached hydrogen (secondary N) is 1. The second-order valence-electron chi connectivity index (χ2n) is 6.86. The van der Waals surface area contributed by atoms with E-state index in [1.807, 2.05) is 32.0 Å². The maximum atomic E-state index is 14.0. The Morgan fingerprint density at radius 2 is 1.90 bits per heavy atom. The van der Waals surface area contributed by atoms with Gasteiger partial charge in [-0.2, -0.15) is 0 Å². The Morgan fingerprint density at radius 3 is 2.69 bits per heavy atom. The molecule has 1 N–H and O–H groups in total. The van der Waals surface area contributed by atoms with Crippen LogP contribution in [0.15, 0.2) is 63.8 Å². The summed E-state index contributed by atoms with van der Waals surface area (Å²) in [6, 6.07) is 14.6. The molecule has 1 aromatic heterocycles. The molecular formula is C23H18FNO4. The lowest BCUT2D eigenvalue weighted by Gasteiger charge is -2.10. The third-order valence-electron chi connectivity index (χ3n) is 4.62. The van der Waals surface area contributed by atoms with E-state index in [4.69, 9.17) is 9.15 Å². The summed E-state index contributed by atoms with van der Waals surface area (Å²) in [5.41, 5.74) is 2.25. The molecule has 0 fully saturated rings. The average molecular weight is 391 g/mol. The molecule has 3 aromatic carbocycles. The number of carbonyl (C=O) groups is 1. The normalized spacial score (nSPS) is 11.0. The molecule has 0 saturated carbocycles. The molecule has 0 radical (unpaired) electrons. The number of para-hydroxylation sites is 1. The van der Waals surface area contributed by atoms with Gasteiger partial charge in [-0.3, -0.25) is 9.59 Å². The van der Waals surface area contributed by atoms with E-state index in [9.17, 15) is 14.0 Å². The van der Waals surface area contributed by atoms with Crippen molar-refractivity contribution in [2.24, 2.45) is 0 Å². The summed E-state index contributed by atoms with van der Waals surface area (Å²) >= 11 is 0. The summed E-state index contributed by atoms with van der Waals surface area (Å²) in [5.74, 6) is -0.339. The van der Waals surface area contributed by atoms with Crippen molar-refractivity contribution in [2.45, 2.75) is 13.8 Å². The molecule has 1 heterocycles. The Bertz CT molecular complexity index is 1310. The van der Waals surface area contributed by atoms with Crippen molar-refractivity contribution < 1.29 is 18.3 Å². The molecule has 1 amide bonds. The van der Waals surface area contributed by atoms with Gasteiger partial charge in [-0.25, -0.2) is 4.39 Å². The number of carbonyl (C=O) groups excluding carboxylic acids is 1. The molecule has 146 valence electrons. The zero-order valence-corrected chi connectivity index (χ0v) is 15.9. The van der Waals surface area contributed by atoms with Crippen LogP contribution in [0.5, 0.6) is 5.75 Å². The van der Waals surface area contributed by atoms with E-state index in [0.717, 1.165) is 11.1 Å². The number of hydrogen-bond acceptors (Lipinski definition) is 4. The highest BCUT2D eigenvalue weighted by Crippen LogP contribution is 2.24. The summed E-state index contributed by atoms with van der Waals surface area (Å²) < 4.78 is 25.2. The van der Waals surface area contributed by atoms with Crippen LogP contribution in [0.2, 0.25) is 0 Å². The van der Waals surface area contributed by atoms with E-state index in [0.29, 0.717) is 16.8 Å². The standard InChI is InChI=1S/C23H18FNO4/c1-13-6-9-19(14(2)10-13)28-12-21(26)25-15-7-8-16-20(11-15)29-23-17(22(16)27)4-3-5-18(23)24/h3-11H,12H2,1-2H3,(H,25,26). The van der Waals surface area contributed by atoms with Gasteiger partial charge in [-0.15, -0.1) is 0 Å². The number of hydrogen-bond donors (Lipinski definition) is 1. The minimum absolute atomic E-state index is 0.105. The number of benzene rings is 3. The first-order valence-corrected chi connectivity index (χ1v) is 9.07. The number of amides is 1. The largest absolute Gasteiger partial charge is 0.483 e. The van der Waals surface area contributed by atoms with Crippen LogP contribution in [-0.2, 0) is 4.79 Å². The summed E-state index contributed by atoms with van der Waals surface area (Å²) in [7, 11) is 0. The molecule has 0 aliphatic carbocycles. The molecule has 6 heteroatoms. The lowest BCUT2D eigenvalue weighted by atomic mass is 10.1. The fourth-order valence-electron chi connectivity index (χ4n) is 3.22. The zero-order valence-electron chi connectivity index (χ0n) is 15.9. The lowest BCUT2D eigenvalue weighted by molar-refractivity contribution is -0.118. The summed E-state index contributed by atoms with van der Waals surface area (Å²) in [6.45, 7) is 3.73. The highest BCUT2D eigenvalue weighted by atomic mass is 19.1. The number of fused-ring (bicyclic) bond motifs is 2. The predicted molar refractivity (Wildman–Crippen MR) is 110 cm³/mol. The van der Waals surface area contributed by atoms with Crippen LogP contribution >= 0.6 is 0 Å². The number of anilines is 1. The molecule has 0 saturated heterocycles. The Labute approximate surface area is 165 Å². The van der Waals surface area contributed by atoms with Crippen LogP contribution in [0.4, 0.5) is 10.1 Å². The third kappa shape index (κ3) is 3.69. The van der Waals surface area contributed by atoms with Crippen molar-refractivity contribution in [3.63, 3.8) is 0 Å². The first-order chi connectivity index (χ1) is 13.9. The van der Waals surface area contributed by atoms with Crippen LogP contribution in [0.1, 0.15) is 11.1 Å². The number of aryl methyl sites for hydroxylation is 2. The molecule has 0 aliphatic heterocycles. The number of ether oxygens (including phenoxy) is 1. The zero-order chi connectivity index (χ0) is 20.5. The summed E-state index contributed by atoms with van der Waals surface area (Å²) in [4.78, 5) is 24.8. The van der Waals surface area contributed by atoms with Gasteiger partial charge in [0.1, 0.15) is 11.3 Å². The van der Waals surface area contributed by atoms with Gasteiger partial charge >= 0.3 is 0 Å². The van der Waals surface area contributed by atoms with Crippen LogP contribution in [0, 0.1) is 19.7 Å². The second-order valence-corrected chi connectivity index (χ2v) is 6.86. The van der Waals surface area contributed by atoms with Crippen molar-refractivity contribution in [1.82, 2.24) is 0 Å². The van der Waals surface area contributed by atoms with E-state index in [2.05, 4.69) is 5.32 Å². The van der Waals surface area contributed by atoms with Gasteiger partial charge in [0.25, 0.3) is 5.91 Å². The van der Waals surface area contributed by atoms with Gasteiger partial charge in [0.2, 0.25) is 5.43 Å². The molecule has 0 unspecified atom stereocenters. The van der Waals surface area contributed by atoms with Gasteiger partial charge in [0.15, 0.2) is 18.0 Å². The fraction of sp³-hybridized carbons (Fsp3) is 0.130. The molecule has 0 bridgehead atoms. The average Bonchev–Trinajstić information content (AvgIpc) is 2.68. The third-order valence-corrected chi connectivity index (χ3v) is 4.62. The highest BCUT2D eigenvalue weighted by Gasteiger charge is 2.12. The minimum atomic E-state index is -0.613. The lowest BCUT2D eigenvalue weighted by Crippen LogP contribution is -2.20. The van der Waals surface area contributed by atoms with Crippen LogP contribution in [0.3, 0.4) is 0 Å². The molecule has 0 aliphatic rings. The van der Waals surface area contributed by atoms with Crippen molar-refractivity contribution in [2.75, 3.05) is 11.9 Å². The Kier molecular flexibility index (Phi) is 4.76. The SMILES string of the molecule is Cc1ccc(OCC(=O)Nc2ccc3c(=O)c4cccc(F)c4oc3c2)c(C)c1. The Balaban J connectivity index is 1.56. The van der Waals surface area contributed by atoms with Crippen LogP contribution in [0.25, 0.3) is 21.9 Å². The Hall–Kier alpha value is -3.67. The van der Waals surface area contributed by atoms with E-state index in [-0.39, 0.29) is 34.5 Å². The maximum Gasteiger partial charge on any atom is 0.262 e. The van der Waals surface area contributed by atoms with E-state index >= 15 is 0 Å². The second kappa shape index (κ2) is 7.39. The Morgan fingerprint density at radius 1 is 1.07 bits per heavy atom. The number of halogens is 1. The quantitative estimate of drug-likeness (QED) is 0.511. The van der Waals surface area contributed by atoms with Gasteiger partial charge in [0.05, 0.1) is 10.8 Å². The molecule has 4 aromatic rings. The van der Waals surface area contributed by atoms with Gasteiger partial charge in [-0.1, -0.05) is 23.8 Å². The molecule has 0 spiro atoms. The topological polar surface area (TPSA) is 68.5 Å². The molecular weight excluding hydrogens is 373 g/mol. The predicted octanol–water partition coefficient (Wildman–Crippen LogP) is 4.72. The summed E-state index contributed by atoms with van der Waals surface area (Å²) in [6.07, 6.45) is 0. The first-order valence-electron chi connectivity index (χ1n) is 9.07. The van der Waals surface area contributed by atoms with Crippen molar-refractivity contribution >= 4 is 33.5 Å².